The predicted molar refractivity (Wildman–Crippen MR) is 77.8 cm³/mol. The van der Waals surface area contributed by atoms with E-state index in [0.29, 0.717) is 18.9 Å². The first-order chi connectivity index (χ1) is 10.9. The summed E-state index contributed by atoms with van der Waals surface area (Å²) in [6.45, 7) is 2.19. The first-order valence-corrected chi connectivity index (χ1v) is 7.49. The number of ether oxygens (including phenoxy) is 2. The van der Waals surface area contributed by atoms with Crippen molar-refractivity contribution in [3.05, 3.63) is 29.8 Å². The third-order valence-corrected chi connectivity index (χ3v) is 3.93. The number of likely N-dealkylation sites (tertiary alicyclic amines) is 1. The van der Waals surface area contributed by atoms with Gasteiger partial charge in [0.05, 0.1) is 7.11 Å². The molecule has 4 nitrogen and oxygen atoms in total. The minimum Gasteiger partial charge on any atom is -0.469 e. The van der Waals surface area contributed by atoms with Gasteiger partial charge in [0.15, 0.2) is 0 Å². The van der Waals surface area contributed by atoms with Crippen LogP contribution in [0.5, 0.6) is 5.75 Å². The molecular weight excluding hydrogens is 311 g/mol. The molecule has 0 unspecified atom stereocenters. The molecule has 0 atom stereocenters. The molecule has 0 aromatic heterocycles. The Balaban J connectivity index is 1.84. The molecule has 0 amide bonds. The van der Waals surface area contributed by atoms with Crippen LogP contribution in [0, 0.1) is 5.92 Å². The second-order valence-electron chi connectivity index (χ2n) is 5.69. The Kier molecular flexibility index (Phi) is 5.87. The highest BCUT2D eigenvalue weighted by molar-refractivity contribution is 5.69. The molecular formula is C16H20F3NO3. The van der Waals surface area contributed by atoms with Gasteiger partial charge in [-0.1, -0.05) is 12.1 Å². The van der Waals surface area contributed by atoms with Crippen LogP contribution in [-0.4, -0.2) is 37.4 Å². The molecule has 1 fully saturated rings. The molecule has 128 valence electrons. The Hall–Kier alpha value is -1.76. The summed E-state index contributed by atoms with van der Waals surface area (Å²) in [5, 5.41) is 0. The molecule has 1 heterocycles. The van der Waals surface area contributed by atoms with Crippen LogP contribution in [0.1, 0.15) is 24.8 Å². The highest BCUT2D eigenvalue weighted by atomic mass is 19.4. The molecule has 0 N–H and O–H groups in total. The molecule has 7 heteroatoms. The Bertz CT molecular complexity index is 526. The number of methoxy groups -OCH3 is 1. The van der Waals surface area contributed by atoms with E-state index in [0.717, 1.165) is 31.5 Å². The van der Waals surface area contributed by atoms with E-state index in [1.54, 1.807) is 12.1 Å². The van der Waals surface area contributed by atoms with E-state index in [1.807, 2.05) is 0 Å². The first kappa shape index (κ1) is 17.6. The van der Waals surface area contributed by atoms with E-state index in [9.17, 15) is 18.0 Å². The summed E-state index contributed by atoms with van der Waals surface area (Å²) in [5.41, 5.74) is 0.776. The number of carbonyl (C=O) groups excluding carboxylic acids is 1. The minimum atomic E-state index is -4.68. The summed E-state index contributed by atoms with van der Waals surface area (Å²) in [5.74, 6) is -0.0744. The Morgan fingerprint density at radius 3 is 2.61 bits per heavy atom. The number of halogens is 3. The molecule has 2 rings (SSSR count). The lowest BCUT2D eigenvalue weighted by atomic mass is 9.93. The largest absolute Gasteiger partial charge is 0.573 e. The number of esters is 1. The third-order valence-electron chi connectivity index (χ3n) is 3.93. The van der Waals surface area contributed by atoms with Gasteiger partial charge in [0.2, 0.25) is 0 Å². The predicted octanol–water partition coefficient (Wildman–Crippen LogP) is 3.36. The van der Waals surface area contributed by atoms with Crippen molar-refractivity contribution in [1.29, 1.82) is 0 Å². The first-order valence-electron chi connectivity index (χ1n) is 7.49. The lowest BCUT2D eigenvalue weighted by Crippen LogP contribution is -2.34. The van der Waals surface area contributed by atoms with E-state index >= 15 is 0 Å². The van der Waals surface area contributed by atoms with Crippen molar-refractivity contribution in [3.63, 3.8) is 0 Å². The normalized spacial score (nSPS) is 17.0. The van der Waals surface area contributed by atoms with Crippen LogP contribution in [0.2, 0.25) is 0 Å². The number of benzene rings is 1. The molecule has 0 spiro atoms. The highest BCUT2D eigenvalue weighted by Gasteiger charge is 2.31. The third kappa shape index (κ3) is 6.09. The monoisotopic (exact) mass is 331 g/mol. The quantitative estimate of drug-likeness (QED) is 0.776. The van der Waals surface area contributed by atoms with Gasteiger partial charge in [-0.15, -0.1) is 13.2 Å². The fourth-order valence-electron chi connectivity index (χ4n) is 2.77. The van der Waals surface area contributed by atoms with Gasteiger partial charge in [-0.3, -0.25) is 9.69 Å². The molecule has 1 aromatic carbocycles. The topological polar surface area (TPSA) is 38.8 Å². The van der Waals surface area contributed by atoms with Gasteiger partial charge in [-0.25, -0.2) is 0 Å². The number of alkyl halides is 3. The number of piperidine rings is 1. The number of nitrogens with zero attached hydrogens (tertiary/aromatic N) is 1. The van der Waals surface area contributed by atoms with Crippen molar-refractivity contribution in [2.75, 3.05) is 20.2 Å². The van der Waals surface area contributed by atoms with Gasteiger partial charge in [0.25, 0.3) is 0 Å². The van der Waals surface area contributed by atoms with E-state index in [1.165, 1.54) is 19.2 Å². The van der Waals surface area contributed by atoms with Crippen molar-refractivity contribution in [2.24, 2.45) is 5.92 Å². The Morgan fingerprint density at radius 1 is 1.30 bits per heavy atom. The number of carbonyl (C=O) groups is 1. The summed E-state index contributed by atoms with van der Waals surface area (Å²) >= 11 is 0. The van der Waals surface area contributed by atoms with Gasteiger partial charge in [-0.2, -0.15) is 0 Å². The maximum Gasteiger partial charge on any atom is 0.573 e. The zero-order valence-electron chi connectivity index (χ0n) is 12.9. The molecule has 0 aliphatic carbocycles. The second-order valence-corrected chi connectivity index (χ2v) is 5.69. The average molecular weight is 331 g/mol. The zero-order chi connectivity index (χ0) is 16.9. The molecule has 23 heavy (non-hydrogen) atoms. The average Bonchev–Trinajstić information content (AvgIpc) is 2.48. The lowest BCUT2D eigenvalue weighted by Gasteiger charge is -2.31. The van der Waals surface area contributed by atoms with E-state index in [2.05, 4.69) is 14.4 Å². The van der Waals surface area contributed by atoms with Gasteiger partial charge in [0.1, 0.15) is 5.75 Å². The van der Waals surface area contributed by atoms with Crippen molar-refractivity contribution in [2.45, 2.75) is 32.2 Å². The van der Waals surface area contributed by atoms with Crippen LogP contribution in [0.3, 0.4) is 0 Å². The molecule has 1 saturated heterocycles. The smallest absolute Gasteiger partial charge is 0.469 e. The summed E-state index contributed by atoms with van der Waals surface area (Å²) in [6, 6.07) is 6.04. The zero-order valence-corrected chi connectivity index (χ0v) is 12.9. The van der Waals surface area contributed by atoms with Gasteiger partial charge < -0.3 is 9.47 Å². The molecule has 0 bridgehead atoms. The van der Waals surface area contributed by atoms with Crippen LogP contribution in [-0.2, 0) is 16.1 Å². The fourth-order valence-corrected chi connectivity index (χ4v) is 2.77. The number of hydrogen-bond acceptors (Lipinski definition) is 4. The lowest BCUT2D eigenvalue weighted by molar-refractivity contribution is -0.274. The van der Waals surface area contributed by atoms with E-state index < -0.39 is 6.36 Å². The van der Waals surface area contributed by atoms with E-state index in [-0.39, 0.29) is 11.7 Å². The van der Waals surface area contributed by atoms with Crippen molar-refractivity contribution >= 4 is 5.97 Å². The van der Waals surface area contributed by atoms with Gasteiger partial charge in [0, 0.05) is 13.0 Å². The minimum absolute atomic E-state index is 0.194. The molecule has 1 aromatic rings. The Morgan fingerprint density at radius 2 is 2.00 bits per heavy atom. The van der Waals surface area contributed by atoms with Gasteiger partial charge >= 0.3 is 12.3 Å². The summed E-state index contributed by atoms with van der Waals surface area (Å²) < 4.78 is 45.3. The molecule has 0 radical (unpaired) electrons. The molecule has 1 aliphatic heterocycles. The van der Waals surface area contributed by atoms with Crippen LogP contribution in [0.4, 0.5) is 13.2 Å². The van der Waals surface area contributed by atoms with Crippen molar-refractivity contribution in [3.8, 4) is 5.75 Å². The van der Waals surface area contributed by atoms with Crippen molar-refractivity contribution in [1.82, 2.24) is 4.90 Å². The van der Waals surface area contributed by atoms with Crippen LogP contribution in [0.15, 0.2) is 24.3 Å². The number of rotatable bonds is 5. The maximum absolute atomic E-state index is 12.2. The molecule has 0 saturated carbocycles. The molecule has 1 aliphatic rings. The van der Waals surface area contributed by atoms with Gasteiger partial charge in [-0.05, 0) is 49.5 Å². The number of hydrogen-bond donors (Lipinski definition) is 0. The Labute approximate surface area is 133 Å². The summed E-state index contributed by atoms with van der Waals surface area (Å²) in [7, 11) is 1.38. The fraction of sp³-hybridized carbons (Fsp3) is 0.562. The second kappa shape index (κ2) is 7.68. The van der Waals surface area contributed by atoms with Crippen LogP contribution < -0.4 is 4.74 Å². The van der Waals surface area contributed by atoms with E-state index in [4.69, 9.17) is 0 Å². The highest BCUT2D eigenvalue weighted by Crippen LogP contribution is 2.25. The van der Waals surface area contributed by atoms with Crippen LogP contribution >= 0.6 is 0 Å². The standard InChI is InChI=1S/C16H20F3NO3/c1-22-15(21)10-12-5-7-20(8-6-12)11-13-3-2-4-14(9-13)23-16(17,18)19/h2-4,9,12H,5-8,10-11H2,1H3. The summed E-state index contributed by atoms with van der Waals surface area (Å²) in [4.78, 5) is 13.4. The van der Waals surface area contributed by atoms with Crippen LogP contribution in [0.25, 0.3) is 0 Å². The SMILES string of the molecule is COC(=O)CC1CCN(Cc2cccc(OC(F)(F)F)c2)CC1. The maximum atomic E-state index is 12.2. The summed E-state index contributed by atoms with van der Waals surface area (Å²) in [6.07, 6.45) is -2.48. The van der Waals surface area contributed by atoms with Crippen molar-refractivity contribution < 1.29 is 27.4 Å².